The number of amides is 1. The number of benzene rings is 3. The van der Waals surface area contributed by atoms with Gasteiger partial charge in [-0.3, -0.25) is 4.79 Å². The number of nitrogens with one attached hydrogen (secondary N) is 1. The fraction of sp³-hybridized carbons (Fsp3) is 0.167. The minimum Gasteiger partial charge on any atom is -0.378 e. The van der Waals surface area contributed by atoms with E-state index in [4.69, 9.17) is 14.8 Å². The molecule has 6 heteroatoms. The van der Waals surface area contributed by atoms with Crippen LogP contribution in [0.5, 0.6) is 0 Å². The summed E-state index contributed by atoms with van der Waals surface area (Å²) in [5.74, 6) is -0.212. The molecular formula is C30H28N4O2. The number of carbonyl (C=O) groups is 1. The number of carbonyl (C=O) groups excluding carboxylic acids is 1. The number of aryl methyl sites for hydroxylation is 1. The highest BCUT2D eigenvalue weighted by atomic mass is 16.5. The van der Waals surface area contributed by atoms with Gasteiger partial charge in [0.1, 0.15) is 0 Å². The van der Waals surface area contributed by atoms with Gasteiger partial charge in [-0.15, -0.1) is 0 Å². The van der Waals surface area contributed by atoms with Gasteiger partial charge in [-0.05, 0) is 30.0 Å². The first-order valence-electron chi connectivity index (χ1n) is 12.0. The zero-order chi connectivity index (χ0) is 24.9. The van der Waals surface area contributed by atoms with E-state index in [0.29, 0.717) is 23.3 Å². The van der Waals surface area contributed by atoms with Gasteiger partial charge in [-0.2, -0.15) is 5.10 Å². The van der Waals surface area contributed by atoms with Gasteiger partial charge in [0.05, 0.1) is 29.6 Å². The highest BCUT2D eigenvalue weighted by Gasteiger charge is 2.23. The molecule has 5 aromatic rings. The molecule has 6 nitrogen and oxygen atoms in total. The molecule has 3 aromatic carbocycles. The van der Waals surface area contributed by atoms with Gasteiger partial charge in [0.15, 0.2) is 5.65 Å². The molecule has 0 aliphatic heterocycles. The van der Waals surface area contributed by atoms with Crippen LogP contribution in [0.15, 0.2) is 97.2 Å². The Morgan fingerprint density at radius 3 is 2.25 bits per heavy atom. The summed E-state index contributed by atoms with van der Waals surface area (Å²) in [6.07, 6.45) is 2.31. The average molecular weight is 477 g/mol. The van der Waals surface area contributed by atoms with Crippen molar-refractivity contribution in [1.29, 1.82) is 0 Å². The van der Waals surface area contributed by atoms with Gasteiger partial charge in [-0.25, -0.2) is 9.50 Å². The smallest absolute Gasteiger partial charge is 0.255 e. The third-order valence-corrected chi connectivity index (χ3v) is 6.30. The Kier molecular flexibility index (Phi) is 6.87. The van der Waals surface area contributed by atoms with Crippen LogP contribution in [0.4, 0.5) is 0 Å². The number of aromatic nitrogens is 3. The Morgan fingerprint density at radius 2 is 1.58 bits per heavy atom. The lowest BCUT2D eigenvalue weighted by molar-refractivity contribution is 0.0929. The SMILES string of the molecule is COCc1c(C(=O)N[C@H](Cc2ccccc2)c2ccccc2)cnc2c(-c3ccccc3)c(C)nn12. The average Bonchev–Trinajstić information content (AvgIpc) is 3.26. The van der Waals surface area contributed by atoms with E-state index in [0.717, 1.165) is 27.9 Å². The van der Waals surface area contributed by atoms with Crippen LogP contribution in [0.2, 0.25) is 0 Å². The van der Waals surface area contributed by atoms with Gasteiger partial charge < -0.3 is 10.1 Å². The zero-order valence-electron chi connectivity index (χ0n) is 20.4. The number of hydrogen-bond donors (Lipinski definition) is 1. The van der Waals surface area contributed by atoms with E-state index < -0.39 is 0 Å². The van der Waals surface area contributed by atoms with Gasteiger partial charge in [-0.1, -0.05) is 91.0 Å². The molecule has 0 fully saturated rings. The molecule has 5 rings (SSSR count). The van der Waals surface area contributed by atoms with Crippen molar-refractivity contribution in [1.82, 2.24) is 19.9 Å². The van der Waals surface area contributed by atoms with E-state index in [1.165, 1.54) is 0 Å². The van der Waals surface area contributed by atoms with Crippen molar-refractivity contribution in [3.05, 3.63) is 125 Å². The maximum atomic E-state index is 13.7. The molecule has 0 bridgehead atoms. The van der Waals surface area contributed by atoms with Crippen LogP contribution in [0, 0.1) is 6.92 Å². The van der Waals surface area contributed by atoms with Gasteiger partial charge in [0, 0.05) is 18.9 Å². The number of hydrogen-bond acceptors (Lipinski definition) is 4. The van der Waals surface area contributed by atoms with Gasteiger partial charge >= 0.3 is 0 Å². The first-order valence-corrected chi connectivity index (χ1v) is 12.0. The second-order valence-electron chi connectivity index (χ2n) is 8.74. The first-order chi connectivity index (χ1) is 17.7. The molecule has 0 radical (unpaired) electrons. The van der Waals surface area contributed by atoms with E-state index in [9.17, 15) is 4.79 Å². The molecule has 2 aromatic heterocycles. The maximum absolute atomic E-state index is 13.7. The van der Waals surface area contributed by atoms with E-state index in [1.807, 2.05) is 85.8 Å². The van der Waals surface area contributed by atoms with Crippen molar-refractivity contribution in [2.45, 2.75) is 26.0 Å². The van der Waals surface area contributed by atoms with Crippen LogP contribution >= 0.6 is 0 Å². The van der Waals surface area contributed by atoms with Crippen LogP contribution in [0.3, 0.4) is 0 Å². The Bertz CT molecular complexity index is 1470. The van der Waals surface area contributed by atoms with Crippen molar-refractivity contribution >= 4 is 11.6 Å². The summed E-state index contributed by atoms with van der Waals surface area (Å²) < 4.78 is 7.24. The molecule has 1 atom stereocenters. The molecule has 0 spiro atoms. The zero-order valence-corrected chi connectivity index (χ0v) is 20.4. The Morgan fingerprint density at radius 1 is 0.944 bits per heavy atom. The van der Waals surface area contributed by atoms with Crippen molar-refractivity contribution in [3.8, 4) is 11.1 Å². The first kappa shape index (κ1) is 23.5. The third-order valence-electron chi connectivity index (χ3n) is 6.30. The molecule has 0 unspecified atom stereocenters. The Balaban J connectivity index is 1.53. The quantitative estimate of drug-likeness (QED) is 0.318. The molecule has 0 aliphatic rings. The summed E-state index contributed by atoms with van der Waals surface area (Å²) in [6, 6.07) is 30.0. The molecule has 1 N–H and O–H groups in total. The third kappa shape index (κ3) is 4.76. The highest BCUT2D eigenvalue weighted by molar-refractivity contribution is 5.96. The molecule has 2 heterocycles. The minimum atomic E-state index is -0.212. The second-order valence-corrected chi connectivity index (χ2v) is 8.74. The van der Waals surface area contributed by atoms with Crippen molar-refractivity contribution in [3.63, 3.8) is 0 Å². The number of fused-ring (bicyclic) bond motifs is 1. The van der Waals surface area contributed by atoms with Crippen LogP contribution in [0.25, 0.3) is 16.8 Å². The monoisotopic (exact) mass is 476 g/mol. The number of nitrogens with zero attached hydrogens (tertiary/aromatic N) is 3. The number of rotatable bonds is 8. The van der Waals surface area contributed by atoms with E-state index in [2.05, 4.69) is 17.4 Å². The summed E-state index contributed by atoms with van der Waals surface area (Å²) in [6.45, 7) is 2.18. The predicted octanol–water partition coefficient (Wildman–Crippen LogP) is 5.56. The highest BCUT2D eigenvalue weighted by Crippen LogP contribution is 2.29. The van der Waals surface area contributed by atoms with Crippen LogP contribution < -0.4 is 5.32 Å². The summed E-state index contributed by atoms with van der Waals surface area (Å²) in [5.41, 5.74) is 6.82. The van der Waals surface area contributed by atoms with Gasteiger partial charge in [0.25, 0.3) is 5.91 Å². The largest absolute Gasteiger partial charge is 0.378 e. The number of ether oxygens (including phenoxy) is 1. The molecule has 1 amide bonds. The molecule has 180 valence electrons. The van der Waals surface area contributed by atoms with Crippen LogP contribution in [0.1, 0.15) is 38.9 Å². The normalized spacial score (nSPS) is 11.9. The minimum absolute atomic E-state index is 0.202. The summed E-state index contributed by atoms with van der Waals surface area (Å²) in [5, 5.41) is 7.99. The predicted molar refractivity (Wildman–Crippen MR) is 141 cm³/mol. The standard InChI is InChI=1S/C30H28N4O2/c1-21-28(24-16-10-5-11-17-24)29-31-19-25(27(20-36-2)34(29)33-21)30(35)32-26(23-14-8-4-9-15-23)18-22-12-6-3-7-13-22/h3-17,19,26H,18,20H2,1-2H3,(H,32,35)/t26-/m1/s1. The summed E-state index contributed by atoms with van der Waals surface area (Å²) in [4.78, 5) is 18.4. The summed E-state index contributed by atoms with van der Waals surface area (Å²) in [7, 11) is 1.62. The maximum Gasteiger partial charge on any atom is 0.255 e. The topological polar surface area (TPSA) is 68.5 Å². The van der Waals surface area contributed by atoms with E-state index >= 15 is 0 Å². The van der Waals surface area contributed by atoms with Gasteiger partial charge in [0.2, 0.25) is 0 Å². The van der Waals surface area contributed by atoms with Crippen molar-refractivity contribution in [2.24, 2.45) is 0 Å². The molecule has 0 aliphatic carbocycles. The molecule has 0 saturated heterocycles. The van der Waals surface area contributed by atoms with Crippen molar-refractivity contribution < 1.29 is 9.53 Å². The fourth-order valence-electron chi connectivity index (χ4n) is 4.57. The number of methoxy groups -OCH3 is 1. The van der Waals surface area contributed by atoms with Crippen LogP contribution in [-0.2, 0) is 17.8 Å². The molecular weight excluding hydrogens is 448 g/mol. The Hall–Kier alpha value is -4.29. The lowest BCUT2D eigenvalue weighted by atomic mass is 9.98. The Labute approximate surface area is 210 Å². The fourth-order valence-corrected chi connectivity index (χ4v) is 4.57. The second kappa shape index (κ2) is 10.5. The summed E-state index contributed by atoms with van der Waals surface area (Å²) >= 11 is 0. The van der Waals surface area contributed by atoms with Crippen molar-refractivity contribution in [2.75, 3.05) is 7.11 Å². The molecule has 36 heavy (non-hydrogen) atoms. The van der Waals surface area contributed by atoms with E-state index in [-0.39, 0.29) is 18.6 Å². The molecule has 0 saturated carbocycles. The van der Waals surface area contributed by atoms with E-state index in [1.54, 1.807) is 17.8 Å². The van der Waals surface area contributed by atoms with Crippen LogP contribution in [-0.4, -0.2) is 27.6 Å². The lowest BCUT2D eigenvalue weighted by Crippen LogP contribution is -2.31. The lowest BCUT2D eigenvalue weighted by Gasteiger charge is -2.20.